The Bertz CT molecular complexity index is 2640. The number of amides is 2. The molecule has 2 amide bonds. The van der Waals surface area contributed by atoms with Crippen LogP contribution in [0, 0.1) is 0 Å². The van der Waals surface area contributed by atoms with Gasteiger partial charge in [-0.15, -0.1) is 0 Å². The minimum absolute atomic E-state index is 0.173. The van der Waals surface area contributed by atoms with E-state index in [0.29, 0.717) is 56.9 Å². The lowest BCUT2D eigenvalue weighted by atomic mass is 9.88. The van der Waals surface area contributed by atoms with Crippen LogP contribution in [-0.2, 0) is 38.1 Å². The molecule has 2 unspecified atom stereocenters. The standard InChI is InChI=1S/2C29H30Cl2N2O5/c2*1-3-5-23(29(36)37-4-2)33-24(18-6-10-21(30)11-7-18)26(20-8-12-22(31)13-9-20)38-27(28(33)35)25(34)19-14-16-32-17-15-19/h2*6-17,23-27,34H,3-5H2,1-2H3/t2*23-,24-,25?,26+,27+/m10/s1. The van der Waals surface area contributed by atoms with Gasteiger partial charge in [0.15, 0.2) is 12.2 Å². The van der Waals surface area contributed by atoms with Crippen molar-refractivity contribution < 1.29 is 48.3 Å². The molecule has 8 rings (SSSR count). The number of hydrogen-bond acceptors (Lipinski definition) is 12. The van der Waals surface area contributed by atoms with Crippen LogP contribution in [0.3, 0.4) is 0 Å². The first-order chi connectivity index (χ1) is 36.7. The molecule has 0 radical (unpaired) electrons. The molecule has 6 aromatic rings. The first-order valence-electron chi connectivity index (χ1n) is 25.2. The molecule has 2 fully saturated rings. The second kappa shape index (κ2) is 27.4. The smallest absolute Gasteiger partial charge is 0.328 e. The Kier molecular flexibility index (Phi) is 20.8. The third-order valence-electron chi connectivity index (χ3n) is 13.2. The van der Waals surface area contributed by atoms with E-state index in [-0.39, 0.29) is 13.2 Å². The summed E-state index contributed by atoms with van der Waals surface area (Å²) in [4.78, 5) is 66.1. The van der Waals surface area contributed by atoms with Crippen LogP contribution in [0.5, 0.6) is 0 Å². The van der Waals surface area contributed by atoms with Crippen molar-refractivity contribution >= 4 is 70.2 Å². The minimum atomic E-state index is -1.29. The number of esters is 2. The van der Waals surface area contributed by atoms with Gasteiger partial charge in [0, 0.05) is 44.9 Å². The lowest BCUT2D eigenvalue weighted by Crippen LogP contribution is -2.58. The number of morpholine rings is 2. The van der Waals surface area contributed by atoms with Gasteiger partial charge in [-0.25, -0.2) is 9.59 Å². The highest BCUT2D eigenvalue weighted by Crippen LogP contribution is 2.48. The highest BCUT2D eigenvalue weighted by atomic mass is 35.5. The van der Waals surface area contributed by atoms with Crippen molar-refractivity contribution in [2.45, 2.75) is 114 Å². The second-order valence-corrected chi connectivity index (χ2v) is 19.9. The maximum absolute atomic E-state index is 14.2. The average Bonchev–Trinajstić information content (AvgIpc) is 3.44. The van der Waals surface area contributed by atoms with E-state index < -0.39 is 84.5 Å². The minimum Gasteiger partial charge on any atom is -0.464 e. The van der Waals surface area contributed by atoms with Gasteiger partial charge in [-0.05, 0) is 133 Å². The molecule has 2 aliphatic heterocycles. The van der Waals surface area contributed by atoms with Crippen molar-refractivity contribution in [3.63, 3.8) is 0 Å². The predicted molar refractivity (Wildman–Crippen MR) is 289 cm³/mol. The molecule has 4 heterocycles. The van der Waals surface area contributed by atoms with Crippen molar-refractivity contribution in [3.8, 4) is 0 Å². The molecular formula is C58H60Cl4N4O10. The van der Waals surface area contributed by atoms with Crippen molar-refractivity contribution in [2.24, 2.45) is 0 Å². The van der Waals surface area contributed by atoms with Gasteiger partial charge in [0.1, 0.15) is 36.5 Å². The van der Waals surface area contributed by atoms with Gasteiger partial charge in [-0.2, -0.15) is 0 Å². The maximum atomic E-state index is 14.2. The summed E-state index contributed by atoms with van der Waals surface area (Å²) in [5.41, 5.74) is 3.87. The van der Waals surface area contributed by atoms with Crippen molar-refractivity contribution in [1.29, 1.82) is 0 Å². The number of carbonyl (C=O) groups is 4. The third kappa shape index (κ3) is 13.6. The van der Waals surface area contributed by atoms with E-state index >= 15 is 0 Å². The molecular weight excluding hydrogens is 1050 g/mol. The van der Waals surface area contributed by atoms with Crippen molar-refractivity contribution in [2.75, 3.05) is 13.2 Å². The van der Waals surface area contributed by atoms with Crippen LogP contribution in [0.25, 0.3) is 0 Å². The lowest BCUT2D eigenvalue weighted by Gasteiger charge is -2.48. The normalized spacial score (nSPS) is 21.1. The van der Waals surface area contributed by atoms with Crippen molar-refractivity contribution in [3.05, 3.63) is 200 Å². The van der Waals surface area contributed by atoms with Crippen LogP contribution < -0.4 is 0 Å². The zero-order chi connectivity index (χ0) is 54.5. The molecule has 0 bridgehead atoms. The average molecular weight is 1110 g/mol. The monoisotopic (exact) mass is 1110 g/mol. The van der Waals surface area contributed by atoms with E-state index in [9.17, 15) is 29.4 Å². The topological polar surface area (TPSA) is 178 Å². The van der Waals surface area contributed by atoms with Gasteiger partial charge >= 0.3 is 11.9 Å². The van der Waals surface area contributed by atoms with Crippen LogP contribution in [-0.4, -0.2) is 91.2 Å². The number of benzene rings is 4. The fraction of sp³-hybridized carbons (Fsp3) is 0.345. The maximum Gasteiger partial charge on any atom is 0.328 e. The number of hydrogen-bond donors (Lipinski definition) is 2. The van der Waals surface area contributed by atoms with Gasteiger partial charge in [-0.3, -0.25) is 19.6 Å². The van der Waals surface area contributed by atoms with E-state index in [0.717, 1.165) is 22.3 Å². The van der Waals surface area contributed by atoms with Crippen LogP contribution in [0.1, 0.15) is 123 Å². The van der Waals surface area contributed by atoms with E-state index in [2.05, 4.69) is 9.97 Å². The zero-order valence-electron chi connectivity index (χ0n) is 42.3. The first kappa shape index (κ1) is 57.8. The number of pyridine rings is 2. The largest absolute Gasteiger partial charge is 0.464 e. The molecule has 400 valence electrons. The number of nitrogens with zero attached hydrogens (tertiary/aromatic N) is 4. The summed E-state index contributed by atoms with van der Waals surface area (Å²) in [6.07, 6.45) is 1.54. The number of aromatic nitrogens is 2. The third-order valence-corrected chi connectivity index (χ3v) is 14.2. The molecule has 76 heavy (non-hydrogen) atoms. The molecule has 0 saturated carbocycles. The Morgan fingerprint density at radius 2 is 0.789 bits per heavy atom. The summed E-state index contributed by atoms with van der Waals surface area (Å²) in [6.45, 7) is 7.68. The van der Waals surface area contributed by atoms with Gasteiger partial charge in [0.05, 0.1) is 25.3 Å². The zero-order valence-corrected chi connectivity index (χ0v) is 45.4. The molecule has 18 heteroatoms. The van der Waals surface area contributed by atoms with Gasteiger partial charge < -0.3 is 39.0 Å². The van der Waals surface area contributed by atoms with Crippen molar-refractivity contribution in [1.82, 2.24) is 19.8 Å². The first-order valence-corrected chi connectivity index (χ1v) is 26.7. The Balaban J connectivity index is 0.000000221. The van der Waals surface area contributed by atoms with Gasteiger partial charge in [0.2, 0.25) is 0 Å². The molecule has 0 aliphatic carbocycles. The molecule has 14 nitrogen and oxygen atoms in total. The van der Waals surface area contributed by atoms with Gasteiger partial charge in [-0.1, -0.05) is 122 Å². The molecule has 10 atom stereocenters. The highest BCUT2D eigenvalue weighted by molar-refractivity contribution is 6.31. The molecule has 2 saturated heterocycles. The highest BCUT2D eigenvalue weighted by Gasteiger charge is 2.52. The number of ether oxygens (including phenoxy) is 4. The molecule has 4 aromatic carbocycles. The fourth-order valence-electron chi connectivity index (χ4n) is 9.61. The summed E-state index contributed by atoms with van der Waals surface area (Å²) in [5, 5.41) is 24.8. The molecule has 0 spiro atoms. The van der Waals surface area contributed by atoms with Gasteiger partial charge in [0.25, 0.3) is 11.8 Å². The number of halogens is 4. The molecule has 2 N–H and O–H groups in total. The summed E-state index contributed by atoms with van der Waals surface area (Å²) in [5.74, 6) is -2.02. The van der Waals surface area contributed by atoms with Crippen LogP contribution in [0.2, 0.25) is 20.1 Å². The quantitative estimate of drug-likeness (QED) is 0.0780. The lowest BCUT2D eigenvalue weighted by molar-refractivity contribution is -0.198. The fourth-order valence-corrected chi connectivity index (χ4v) is 10.1. The predicted octanol–water partition coefficient (Wildman–Crippen LogP) is 11.7. The molecule has 2 aromatic heterocycles. The molecule has 2 aliphatic rings. The summed E-state index contributed by atoms with van der Waals surface area (Å²) in [6, 6.07) is 31.7. The summed E-state index contributed by atoms with van der Waals surface area (Å²) in [7, 11) is 0. The number of aliphatic hydroxyl groups excluding tert-OH is 2. The van der Waals surface area contributed by atoms with E-state index in [4.69, 9.17) is 65.4 Å². The van der Waals surface area contributed by atoms with Crippen LogP contribution >= 0.6 is 46.4 Å². The number of aliphatic hydroxyl groups is 2. The van der Waals surface area contributed by atoms with E-state index in [1.54, 1.807) is 86.6 Å². The number of rotatable bonds is 18. The Morgan fingerprint density at radius 3 is 1.07 bits per heavy atom. The Hall–Kier alpha value is -5.94. The Labute approximate surface area is 462 Å². The van der Waals surface area contributed by atoms with Crippen LogP contribution in [0.15, 0.2) is 146 Å². The van der Waals surface area contributed by atoms with Crippen LogP contribution in [0.4, 0.5) is 0 Å². The summed E-state index contributed by atoms with van der Waals surface area (Å²) < 4.78 is 23.7. The van der Waals surface area contributed by atoms with E-state index in [1.165, 1.54) is 34.6 Å². The second-order valence-electron chi connectivity index (χ2n) is 18.1. The SMILES string of the molecule is CCC[C@@H](C(=O)OCC)N1C(=O)[C@@H](C(O)c2ccncc2)O[C@H](c2ccc(Cl)cc2)[C@@H]1c1ccc(Cl)cc1.CCC[C@H](C(=O)OCC)N1C(=O)[C@H](C(O)c2ccncc2)O[C@@H](c2ccc(Cl)cc2)[C@H]1c1ccc(Cl)cc1. The summed E-state index contributed by atoms with van der Waals surface area (Å²) >= 11 is 24.7. The van der Waals surface area contributed by atoms with E-state index in [1.807, 2.05) is 62.4 Å². The Morgan fingerprint density at radius 1 is 0.500 bits per heavy atom. The number of carbonyl (C=O) groups excluding carboxylic acids is 4.